The Morgan fingerprint density at radius 1 is 1.58 bits per heavy atom. The standard InChI is InChI=1S/C14H21N3O2/c1-4-19-14(18)11-6-13(16-7-12(11)15)17-8-9(2)5-10(17)3/h6-7,9-10H,4-5,8,15H2,1-3H3. The fourth-order valence-corrected chi connectivity index (χ4v) is 2.62. The third kappa shape index (κ3) is 2.80. The molecule has 104 valence electrons. The van der Waals surface area contributed by atoms with Crippen molar-refractivity contribution in [3.8, 4) is 0 Å². The van der Waals surface area contributed by atoms with Crippen LogP contribution >= 0.6 is 0 Å². The van der Waals surface area contributed by atoms with Crippen LogP contribution < -0.4 is 10.6 Å². The Labute approximate surface area is 113 Å². The van der Waals surface area contributed by atoms with Gasteiger partial charge in [-0.15, -0.1) is 0 Å². The van der Waals surface area contributed by atoms with Gasteiger partial charge in [0.05, 0.1) is 24.1 Å². The third-order valence-corrected chi connectivity index (χ3v) is 3.49. The van der Waals surface area contributed by atoms with Crippen LogP contribution in [0.15, 0.2) is 12.3 Å². The van der Waals surface area contributed by atoms with E-state index in [9.17, 15) is 4.79 Å². The van der Waals surface area contributed by atoms with Crippen LogP contribution in [0.4, 0.5) is 11.5 Å². The Morgan fingerprint density at radius 2 is 2.32 bits per heavy atom. The van der Waals surface area contributed by atoms with Crippen molar-refractivity contribution in [1.29, 1.82) is 0 Å². The van der Waals surface area contributed by atoms with Gasteiger partial charge in [-0.05, 0) is 32.3 Å². The van der Waals surface area contributed by atoms with Crippen molar-refractivity contribution in [3.05, 3.63) is 17.8 Å². The number of hydrogen-bond donors (Lipinski definition) is 1. The first-order valence-electron chi connectivity index (χ1n) is 6.72. The maximum absolute atomic E-state index is 11.8. The monoisotopic (exact) mass is 263 g/mol. The quantitative estimate of drug-likeness (QED) is 0.845. The number of carbonyl (C=O) groups is 1. The molecule has 2 atom stereocenters. The van der Waals surface area contributed by atoms with Crippen LogP contribution in [-0.2, 0) is 4.74 Å². The highest BCUT2D eigenvalue weighted by Crippen LogP contribution is 2.29. The van der Waals surface area contributed by atoms with Gasteiger partial charge in [0.1, 0.15) is 5.82 Å². The lowest BCUT2D eigenvalue weighted by Crippen LogP contribution is -2.28. The highest BCUT2D eigenvalue weighted by molar-refractivity contribution is 5.95. The number of aromatic nitrogens is 1. The molecule has 1 saturated heterocycles. The molecule has 1 aliphatic rings. The van der Waals surface area contributed by atoms with E-state index in [0.29, 0.717) is 29.8 Å². The first-order chi connectivity index (χ1) is 9.02. The molecule has 1 aromatic heterocycles. The lowest BCUT2D eigenvalue weighted by atomic mass is 10.1. The molecule has 2 N–H and O–H groups in total. The minimum atomic E-state index is -0.386. The van der Waals surface area contributed by atoms with E-state index in [1.807, 2.05) is 0 Å². The molecule has 0 amide bonds. The zero-order chi connectivity index (χ0) is 14.0. The van der Waals surface area contributed by atoms with Gasteiger partial charge >= 0.3 is 5.97 Å². The van der Waals surface area contributed by atoms with Crippen molar-refractivity contribution in [3.63, 3.8) is 0 Å². The molecule has 0 saturated carbocycles. The molecule has 2 rings (SSSR count). The molecule has 0 aliphatic carbocycles. The maximum atomic E-state index is 11.8. The summed E-state index contributed by atoms with van der Waals surface area (Å²) in [7, 11) is 0. The average Bonchev–Trinajstić information content (AvgIpc) is 2.69. The minimum Gasteiger partial charge on any atom is -0.462 e. The number of esters is 1. The second-order valence-electron chi connectivity index (χ2n) is 5.19. The first-order valence-corrected chi connectivity index (χ1v) is 6.72. The zero-order valence-electron chi connectivity index (χ0n) is 11.7. The Hall–Kier alpha value is -1.78. The summed E-state index contributed by atoms with van der Waals surface area (Å²) in [6, 6.07) is 2.17. The number of rotatable bonds is 3. The molecule has 0 bridgehead atoms. The molecule has 5 heteroatoms. The normalized spacial score (nSPS) is 22.6. The lowest BCUT2D eigenvalue weighted by Gasteiger charge is -2.23. The summed E-state index contributed by atoms with van der Waals surface area (Å²) < 4.78 is 5.01. The molecule has 2 heterocycles. The number of nitrogens with two attached hydrogens (primary N) is 1. The zero-order valence-corrected chi connectivity index (χ0v) is 11.7. The van der Waals surface area contributed by atoms with Gasteiger partial charge < -0.3 is 15.4 Å². The molecule has 0 spiro atoms. The molecule has 0 aromatic carbocycles. The van der Waals surface area contributed by atoms with E-state index in [4.69, 9.17) is 10.5 Å². The second kappa shape index (κ2) is 5.47. The first kappa shape index (κ1) is 13.6. The molecule has 1 fully saturated rings. The average molecular weight is 263 g/mol. The van der Waals surface area contributed by atoms with E-state index < -0.39 is 0 Å². The van der Waals surface area contributed by atoms with Gasteiger partial charge in [-0.3, -0.25) is 0 Å². The molecule has 0 radical (unpaired) electrons. The third-order valence-electron chi connectivity index (χ3n) is 3.49. The highest BCUT2D eigenvalue weighted by atomic mass is 16.5. The summed E-state index contributed by atoms with van der Waals surface area (Å²) in [5.74, 6) is 1.05. The summed E-state index contributed by atoms with van der Waals surface area (Å²) in [6.45, 7) is 7.47. The minimum absolute atomic E-state index is 0.340. The Morgan fingerprint density at radius 3 is 2.89 bits per heavy atom. The predicted molar refractivity (Wildman–Crippen MR) is 75.2 cm³/mol. The van der Waals surface area contributed by atoms with Crippen LogP contribution in [0.5, 0.6) is 0 Å². The summed E-state index contributed by atoms with van der Waals surface area (Å²) in [5, 5.41) is 0. The van der Waals surface area contributed by atoms with Crippen molar-refractivity contribution >= 4 is 17.5 Å². The maximum Gasteiger partial charge on any atom is 0.340 e. The van der Waals surface area contributed by atoms with E-state index in [2.05, 4.69) is 23.7 Å². The van der Waals surface area contributed by atoms with E-state index in [1.54, 1.807) is 13.0 Å². The van der Waals surface area contributed by atoms with Gasteiger partial charge in [0.15, 0.2) is 0 Å². The van der Waals surface area contributed by atoms with Crippen molar-refractivity contribution in [2.75, 3.05) is 23.8 Å². The fraction of sp³-hybridized carbons (Fsp3) is 0.571. The number of ether oxygens (including phenoxy) is 1. The van der Waals surface area contributed by atoms with E-state index in [1.165, 1.54) is 6.20 Å². The SMILES string of the molecule is CCOC(=O)c1cc(N2CC(C)CC2C)ncc1N. The summed E-state index contributed by atoms with van der Waals surface area (Å²) in [6.07, 6.45) is 2.68. The number of pyridine rings is 1. The van der Waals surface area contributed by atoms with Crippen LogP contribution in [0.2, 0.25) is 0 Å². The summed E-state index contributed by atoms with van der Waals surface area (Å²) >= 11 is 0. The Kier molecular flexibility index (Phi) is 3.93. The smallest absolute Gasteiger partial charge is 0.340 e. The van der Waals surface area contributed by atoms with Crippen molar-refractivity contribution < 1.29 is 9.53 Å². The Bertz CT molecular complexity index is 476. The van der Waals surface area contributed by atoms with Gasteiger partial charge in [0, 0.05) is 12.6 Å². The van der Waals surface area contributed by atoms with E-state index >= 15 is 0 Å². The second-order valence-corrected chi connectivity index (χ2v) is 5.19. The van der Waals surface area contributed by atoms with Gasteiger partial charge in [0.2, 0.25) is 0 Å². The number of hydrogen-bond acceptors (Lipinski definition) is 5. The predicted octanol–water partition coefficient (Wildman–Crippen LogP) is 2.08. The fourth-order valence-electron chi connectivity index (χ4n) is 2.62. The molecule has 19 heavy (non-hydrogen) atoms. The largest absolute Gasteiger partial charge is 0.462 e. The van der Waals surface area contributed by atoms with Crippen LogP contribution in [0, 0.1) is 5.92 Å². The van der Waals surface area contributed by atoms with Crippen LogP contribution in [0.3, 0.4) is 0 Å². The number of nitrogens with zero attached hydrogens (tertiary/aromatic N) is 2. The highest BCUT2D eigenvalue weighted by Gasteiger charge is 2.28. The molecule has 5 nitrogen and oxygen atoms in total. The summed E-state index contributed by atoms with van der Waals surface area (Å²) in [4.78, 5) is 18.4. The summed E-state index contributed by atoms with van der Waals surface area (Å²) in [5.41, 5.74) is 6.56. The van der Waals surface area contributed by atoms with Crippen molar-refractivity contribution in [1.82, 2.24) is 4.98 Å². The van der Waals surface area contributed by atoms with Gasteiger partial charge in [0.25, 0.3) is 0 Å². The lowest BCUT2D eigenvalue weighted by molar-refractivity contribution is 0.0527. The van der Waals surface area contributed by atoms with Gasteiger partial charge in [-0.2, -0.15) is 0 Å². The number of carbonyl (C=O) groups excluding carboxylic acids is 1. The van der Waals surface area contributed by atoms with Gasteiger partial charge in [-0.25, -0.2) is 9.78 Å². The topological polar surface area (TPSA) is 68.5 Å². The number of anilines is 2. The molecule has 1 aliphatic heterocycles. The van der Waals surface area contributed by atoms with E-state index in [-0.39, 0.29) is 5.97 Å². The van der Waals surface area contributed by atoms with Gasteiger partial charge in [-0.1, -0.05) is 6.92 Å². The number of nitrogen functional groups attached to an aromatic ring is 1. The van der Waals surface area contributed by atoms with Crippen molar-refractivity contribution in [2.24, 2.45) is 5.92 Å². The van der Waals surface area contributed by atoms with Crippen molar-refractivity contribution in [2.45, 2.75) is 33.2 Å². The van der Waals surface area contributed by atoms with Crippen LogP contribution in [0.25, 0.3) is 0 Å². The Balaban J connectivity index is 2.28. The molecule has 2 unspecified atom stereocenters. The molecular formula is C14H21N3O2. The van der Waals surface area contributed by atoms with Crippen LogP contribution in [0.1, 0.15) is 37.6 Å². The van der Waals surface area contributed by atoms with Crippen LogP contribution in [-0.4, -0.2) is 30.1 Å². The molecular weight excluding hydrogens is 242 g/mol. The van der Waals surface area contributed by atoms with E-state index in [0.717, 1.165) is 18.8 Å². The molecule has 1 aromatic rings.